The number of anilines is 2. The molecule has 3 aromatic carbocycles. The molecule has 1 saturated heterocycles. The van der Waals surface area contributed by atoms with E-state index >= 15 is 0 Å². The molecule has 0 saturated carbocycles. The molecule has 8 heteroatoms. The number of nitrogens with zero attached hydrogens (tertiary/aromatic N) is 3. The van der Waals surface area contributed by atoms with Crippen molar-refractivity contribution in [1.29, 1.82) is 0 Å². The summed E-state index contributed by atoms with van der Waals surface area (Å²) in [6.45, 7) is 4.74. The number of hydrogen-bond acceptors (Lipinski definition) is 5. The summed E-state index contributed by atoms with van der Waals surface area (Å²) in [6.07, 6.45) is 0. The molecule has 0 bridgehead atoms. The number of aliphatic imine (C=N–C) groups is 1. The van der Waals surface area contributed by atoms with Gasteiger partial charge in [0, 0.05) is 16.5 Å². The Morgan fingerprint density at radius 2 is 1.73 bits per heavy atom. The smallest absolute Gasteiger partial charge is 0.274 e. The zero-order valence-electron chi connectivity index (χ0n) is 17.9. The summed E-state index contributed by atoms with van der Waals surface area (Å²) in [6, 6.07) is 19.4. The molecule has 0 N–H and O–H groups in total. The first kappa shape index (κ1) is 22.1. The number of hydrogen-bond donors (Lipinski definition) is 0. The van der Waals surface area contributed by atoms with Crippen molar-refractivity contribution in [2.45, 2.75) is 18.7 Å². The van der Waals surface area contributed by atoms with E-state index in [-0.39, 0.29) is 11.7 Å². The van der Waals surface area contributed by atoms with E-state index in [1.165, 1.54) is 23.9 Å². The Morgan fingerprint density at radius 1 is 1.00 bits per heavy atom. The number of thioether (sulfide) groups is 2. The monoisotopic (exact) mass is 495 g/mol. The molecule has 0 unspecified atom stereocenters. The van der Waals surface area contributed by atoms with E-state index in [0.29, 0.717) is 27.3 Å². The van der Waals surface area contributed by atoms with E-state index in [1.807, 2.05) is 56.3 Å². The van der Waals surface area contributed by atoms with Crippen molar-refractivity contribution < 1.29 is 9.18 Å². The van der Waals surface area contributed by atoms with Gasteiger partial charge >= 0.3 is 0 Å². The minimum atomic E-state index is -0.357. The fourth-order valence-electron chi connectivity index (χ4n) is 3.66. The molecule has 33 heavy (non-hydrogen) atoms. The second kappa shape index (κ2) is 8.89. The molecule has 3 aromatic rings. The average Bonchev–Trinajstić information content (AvgIpc) is 3.32. The Bertz CT molecular complexity index is 1310. The highest BCUT2D eigenvalue weighted by atomic mass is 35.5. The van der Waals surface area contributed by atoms with Crippen LogP contribution < -0.4 is 9.80 Å². The summed E-state index contributed by atoms with van der Waals surface area (Å²) in [5.74, 6) is -0.540. The molecule has 0 spiro atoms. The van der Waals surface area contributed by atoms with Crippen LogP contribution in [0.1, 0.15) is 12.5 Å². The molecule has 0 aromatic heterocycles. The van der Waals surface area contributed by atoms with Crippen molar-refractivity contribution in [3.63, 3.8) is 0 Å². The first-order valence-electron chi connectivity index (χ1n) is 10.4. The second-order valence-electron chi connectivity index (χ2n) is 7.54. The van der Waals surface area contributed by atoms with Gasteiger partial charge in [-0.15, -0.1) is 0 Å². The third-order valence-electron chi connectivity index (χ3n) is 5.30. The number of carbonyl (C=O) groups excluding carboxylic acids is 1. The van der Waals surface area contributed by atoms with Crippen LogP contribution in [-0.2, 0) is 4.79 Å². The van der Waals surface area contributed by atoms with Gasteiger partial charge in [0.2, 0.25) is 0 Å². The predicted octanol–water partition coefficient (Wildman–Crippen LogP) is 7.36. The largest absolute Gasteiger partial charge is 0.334 e. The van der Waals surface area contributed by atoms with Crippen molar-refractivity contribution >= 4 is 63.3 Å². The van der Waals surface area contributed by atoms with Crippen LogP contribution in [0.5, 0.6) is 0 Å². The number of aryl methyl sites for hydroxylation is 1. The quantitative estimate of drug-likeness (QED) is 0.356. The van der Waals surface area contributed by atoms with Gasteiger partial charge in [-0.05, 0) is 80.2 Å². The zero-order chi connectivity index (χ0) is 23.1. The van der Waals surface area contributed by atoms with Crippen LogP contribution in [0.2, 0.25) is 5.02 Å². The summed E-state index contributed by atoms with van der Waals surface area (Å²) in [5, 5.41) is 2.04. The molecular weight excluding hydrogens is 477 g/mol. The highest BCUT2D eigenvalue weighted by molar-refractivity contribution is 8.20. The van der Waals surface area contributed by atoms with Gasteiger partial charge in [-0.1, -0.05) is 41.1 Å². The van der Waals surface area contributed by atoms with Crippen LogP contribution in [0.3, 0.4) is 0 Å². The maximum Gasteiger partial charge on any atom is 0.274 e. The number of carbonyl (C=O) groups is 1. The first-order valence-corrected chi connectivity index (χ1v) is 12.4. The zero-order valence-corrected chi connectivity index (χ0v) is 20.3. The lowest BCUT2D eigenvalue weighted by Gasteiger charge is -2.19. The lowest BCUT2D eigenvalue weighted by molar-refractivity contribution is -0.113. The highest BCUT2D eigenvalue weighted by Gasteiger charge is 2.40. The number of benzene rings is 3. The SMILES string of the molecule is CCN1/C(=C2/SC(=Nc3ccc(C)cc3)N(c3ccc(F)cc3)C2=O)Sc2ccc(Cl)cc21. The van der Waals surface area contributed by atoms with Gasteiger partial charge in [0.15, 0.2) is 5.17 Å². The highest BCUT2D eigenvalue weighted by Crippen LogP contribution is 2.51. The van der Waals surface area contributed by atoms with E-state index in [2.05, 4.69) is 4.90 Å². The lowest BCUT2D eigenvalue weighted by Crippen LogP contribution is -2.29. The van der Waals surface area contributed by atoms with Crippen LogP contribution in [0.25, 0.3) is 0 Å². The summed E-state index contributed by atoms with van der Waals surface area (Å²) in [5.41, 5.74) is 3.44. The predicted molar refractivity (Wildman–Crippen MR) is 137 cm³/mol. The Labute approximate surface area is 205 Å². The fourth-order valence-corrected chi connectivity index (χ4v) is 6.21. The minimum Gasteiger partial charge on any atom is -0.334 e. The molecule has 2 heterocycles. The van der Waals surface area contributed by atoms with Crippen LogP contribution >= 0.6 is 35.1 Å². The topological polar surface area (TPSA) is 35.9 Å². The normalized spacial score (nSPS) is 19.0. The van der Waals surface area contributed by atoms with Crippen molar-refractivity contribution in [2.24, 2.45) is 4.99 Å². The minimum absolute atomic E-state index is 0.183. The number of fused-ring (bicyclic) bond motifs is 1. The second-order valence-corrected chi connectivity index (χ2v) is 9.99. The van der Waals surface area contributed by atoms with Crippen molar-refractivity contribution in [3.8, 4) is 0 Å². The summed E-state index contributed by atoms with van der Waals surface area (Å²) < 4.78 is 13.6. The molecule has 1 fully saturated rings. The van der Waals surface area contributed by atoms with Crippen LogP contribution in [0.4, 0.5) is 21.5 Å². The fraction of sp³-hybridized carbons (Fsp3) is 0.120. The van der Waals surface area contributed by atoms with Gasteiger partial charge in [0.25, 0.3) is 5.91 Å². The first-order chi connectivity index (χ1) is 15.9. The average molecular weight is 496 g/mol. The molecule has 0 aliphatic carbocycles. The number of amidine groups is 1. The molecule has 1 amide bonds. The van der Waals surface area contributed by atoms with Crippen LogP contribution in [0.15, 0.2) is 86.6 Å². The molecule has 166 valence electrons. The summed E-state index contributed by atoms with van der Waals surface area (Å²) >= 11 is 9.13. The van der Waals surface area contributed by atoms with E-state index in [1.54, 1.807) is 28.8 Å². The Morgan fingerprint density at radius 3 is 2.42 bits per heavy atom. The third kappa shape index (κ3) is 4.16. The van der Waals surface area contributed by atoms with Gasteiger partial charge < -0.3 is 4.90 Å². The van der Waals surface area contributed by atoms with Gasteiger partial charge in [-0.25, -0.2) is 9.38 Å². The maximum atomic E-state index is 13.7. The molecule has 0 atom stereocenters. The Hall–Kier alpha value is -2.74. The van der Waals surface area contributed by atoms with Crippen LogP contribution in [-0.4, -0.2) is 17.6 Å². The van der Waals surface area contributed by atoms with Crippen molar-refractivity contribution in [2.75, 3.05) is 16.3 Å². The number of halogens is 2. The molecule has 2 aliphatic rings. The Kier molecular flexibility index (Phi) is 5.95. The van der Waals surface area contributed by atoms with E-state index in [4.69, 9.17) is 16.6 Å². The van der Waals surface area contributed by atoms with Gasteiger partial charge in [0.1, 0.15) is 15.8 Å². The van der Waals surface area contributed by atoms with E-state index in [0.717, 1.165) is 26.9 Å². The standard InChI is InChI=1S/C25H19ClFN3OS2/c1-3-29-20-14-16(26)6-13-21(20)32-24(29)22-23(31)30(19-11-7-17(27)8-12-19)25(33-22)28-18-9-4-15(2)5-10-18/h4-14H,3H2,1-2H3/b24-22-,28-25?. The maximum absolute atomic E-state index is 13.7. The molecular formula is C25H19ClFN3OS2. The third-order valence-corrected chi connectivity index (χ3v) is 7.88. The van der Waals surface area contributed by atoms with Gasteiger partial charge in [-0.3, -0.25) is 9.69 Å². The summed E-state index contributed by atoms with van der Waals surface area (Å²) in [7, 11) is 0. The molecule has 4 nitrogen and oxygen atoms in total. The lowest BCUT2D eigenvalue weighted by atomic mass is 10.2. The van der Waals surface area contributed by atoms with E-state index in [9.17, 15) is 9.18 Å². The number of rotatable bonds is 3. The Balaban J connectivity index is 1.62. The van der Waals surface area contributed by atoms with Crippen molar-refractivity contribution in [1.82, 2.24) is 0 Å². The molecule has 0 radical (unpaired) electrons. The molecule has 2 aliphatic heterocycles. The van der Waals surface area contributed by atoms with E-state index < -0.39 is 0 Å². The number of amides is 1. The molecule has 5 rings (SSSR count). The van der Waals surface area contributed by atoms with Crippen molar-refractivity contribution in [3.05, 3.63) is 93.1 Å². The van der Waals surface area contributed by atoms with Gasteiger partial charge in [-0.2, -0.15) is 0 Å². The summed E-state index contributed by atoms with van der Waals surface area (Å²) in [4.78, 5) is 23.8. The van der Waals surface area contributed by atoms with Gasteiger partial charge in [0.05, 0.1) is 17.1 Å². The van der Waals surface area contributed by atoms with Crippen LogP contribution in [0, 0.1) is 12.7 Å².